The van der Waals surface area contributed by atoms with Gasteiger partial charge in [-0.25, -0.2) is 0 Å². The number of amides is 1. The fourth-order valence-corrected chi connectivity index (χ4v) is 1.70. The lowest BCUT2D eigenvalue weighted by atomic mass is 10.0. The fraction of sp³-hybridized carbons (Fsp3) is 0.462. The number of hydrogen-bond donors (Lipinski definition) is 3. The van der Waals surface area contributed by atoms with E-state index in [0.717, 1.165) is 12.8 Å². The molecule has 0 radical (unpaired) electrons. The smallest absolute Gasteiger partial charge is 0.253 e. The topological polar surface area (TPSA) is 81.1 Å². The number of anilines is 2. The summed E-state index contributed by atoms with van der Waals surface area (Å²) in [6, 6.07) is 4.95. The second kappa shape index (κ2) is 6.13. The van der Waals surface area contributed by atoms with Crippen LogP contribution in [0.2, 0.25) is 0 Å². The maximum Gasteiger partial charge on any atom is 0.253 e. The molecule has 94 valence electrons. The maximum atomic E-state index is 11.9. The molecule has 1 aromatic carbocycles. The molecule has 0 unspecified atom stereocenters. The summed E-state index contributed by atoms with van der Waals surface area (Å²) in [5, 5.41) is 2.90. The van der Waals surface area contributed by atoms with Gasteiger partial charge in [-0.05, 0) is 24.1 Å². The Kier molecular flexibility index (Phi) is 4.82. The Labute approximate surface area is 102 Å². The highest BCUT2D eigenvalue weighted by atomic mass is 16.1. The minimum Gasteiger partial charge on any atom is -0.399 e. The van der Waals surface area contributed by atoms with E-state index >= 15 is 0 Å². The minimum absolute atomic E-state index is 0.130. The molecule has 0 atom stereocenters. The number of benzene rings is 1. The Morgan fingerprint density at radius 2 is 1.94 bits per heavy atom. The summed E-state index contributed by atoms with van der Waals surface area (Å²) in [6.45, 7) is 4.94. The second-order valence-corrected chi connectivity index (χ2v) is 4.24. The maximum absolute atomic E-state index is 11.9. The number of carbonyl (C=O) groups excluding carboxylic acids is 1. The summed E-state index contributed by atoms with van der Waals surface area (Å²) < 4.78 is 0. The zero-order valence-corrected chi connectivity index (χ0v) is 10.5. The lowest BCUT2D eigenvalue weighted by molar-refractivity contribution is 0.0947. The molecule has 4 nitrogen and oxygen atoms in total. The van der Waals surface area contributed by atoms with E-state index < -0.39 is 0 Å². The number of nitrogen functional groups attached to an aromatic ring is 2. The molecule has 0 aliphatic carbocycles. The Hall–Kier alpha value is -1.71. The van der Waals surface area contributed by atoms with Crippen molar-refractivity contribution in [2.45, 2.75) is 26.7 Å². The van der Waals surface area contributed by atoms with Gasteiger partial charge in [-0.1, -0.05) is 26.7 Å². The molecule has 17 heavy (non-hydrogen) atoms. The van der Waals surface area contributed by atoms with Gasteiger partial charge >= 0.3 is 0 Å². The van der Waals surface area contributed by atoms with Gasteiger partial charge in [-0.2, -0.15) is 0 Å². The Balaban J connectivity index is 2.64. The van der Waals surface area contributed by atoms with Crippen LogP contribution in [0.5, 0.6) is 0 Å². The van der Waals surface area contributed by atoms with E-state index in [1.54, 1.807) is 18.2 Å². The van der Waals surface area contributed by atoms with Crippen LogP contribution in [0, 0.1) is 5.92 Å². The van der Waals surface area contributed by atoms with Crippen LogP contribution in [0.25, 0.3) is 0 Å². The van der Waals surface area contributed by atoms with Crippen molar-refractivity contribution in [2.24, 2.45) is 5.92 Å². The van der Waals surface area contributed by atoms with Gasteiger partial charge in [0.1, 0.15) is 0 Å². The Morgan fingerprint density at radius 3 is 2.47 bits per heavy atom. The van der Waals surface area contributed by atoms with Crippen molar-refractivity contribution in [3.63, 3.8) is 0 Å². The molecule has 0 aliphatic heterocycles. The molecule has 1 aromatic rings. The fourth-order valence-electron chi connectivity index (χ4n) is 1.70. The highest BCUT2D eigenvalue weighted by molar-refractivity contribution is 5.99. The summed E-state index contributed by atoms with van der Waals surface area (Å²) in [7, 11) is 0. The van der Waals surface area contributed by atoms with Gasteiger partial charge in [-0.15, -0.1) is 0 Å². The summed E-state index contributed by atoms with van der Waals surface area (Å²) in [6.07, 6.45) is 2.13. The normalized spacial score (nSPS) is 10.5. The van der Waals surface area contributed by atoms with E-state index in [1.165, 1.54) is 0 Å². The van der Waals surface area contributed by atoms with Crippen molar-refractivity contribution in [3.05, 3.63) is 23.8 Å². The van der Waals surface area contributed by atoms with Crippen LogP contribution in [0.4, 0.5) is 11.4 Å². The monoisotopic (exact) mass is 235 g/mol. The van der Waals surface area contributed by atoms with Gasteiger partial charge < -0.3 is 16.8 Å². The third kappa shape index (κ3) is 3.66. The predicted octanol–water partition coefficient (Wildman–Crippen LogP) is 2.02. The van der Waals surface area contributed by atoms with Gasteiger partial charge in [-0.3, -0.25) is 4.79 Å². The molecule has 0 saturated carbocycles. The lowest BCUT2D eigenvalue weighted by Crippen LogP contribution is -2.29. The third-order valence-corrected chi connectivity index (χ3v) is 3.03. The van der Waals surface area contributed by atoms with Crippen molar-refractivity contribution in [3.8, 4) is 0 Å². The first-order valence-electron chi connectivity index (χ1n) is 6.01. The third-order valence-electron chi connectivity index (χ3n) is 3.03. The first-order chi connectivity index (χ1) is 8.08. The summed E-state index contributed by atoms with van der Waals surface area (Å²) in [5.74, 6) is 0.392. The van der Waals surface area contributed by atoms with E-state index in [4.69, 9.17) is 11.5 Å². The summed E-state index contributed by atoms with van der Waals surface area (Å²) >= 11 is 0. The second-order valence-electron chi connectivity index (χ2n) is 4.24. The molecule has 1 rings (SSSR count). The van der Waals surface area contributed by atoms with Gasteiger partial charge in [0.15, 0.2) is 0 Å². The standard InChI is InChI=1S/C13H21N3O/c1-3-9(4-2)8-16-13(17)11-6-5-10(14)7-12(11)15/h5-7,9H,3-4,8,14-15H2,1-2H3,(H,16,17). The highest BCUT2D eigenvalue weighted by Crippen LogP contribution is 2.15. The van der Waals surface area contributed by atoms with Crippen molar-refractivity contribution in [2.75, 3.05) is 18.0 Å². The van der Waals surface area contributed by atoms with Crippen LogP contribution >= 0.6 is 0 Å². The highest BCUT2D eigenvalue weighted by Gasteiger charge is 2.11. The van der Waals surface area contributed by atoms with Crippen molar-refractivity contribution < 1.29 is 4.79 Å². The van der Waals surface area contributed by atoms with Crippen LogP contribution < -0.4 is 16.8 Å². The zero-order valence-electron chi connectivity index (χ0n) is 10.5. The van der Waals surface area contributed by atoms with E-state index in [9.17, 15) is 4.79 Å². The number of hydrogen-bond acceptors (Lipinski definition) is 3. The van der Waals surface area contributed by atoms with Gasteiger partial charge in [0, 0.05) is 17.9 Å². The lowest BCUT2D eigenvalue weighted by Gasteiger charge is -2.14. The molecule has 4 heteroatoms. The van der Waals surface area contributed by atoms with Crippen LogP contribution in [-0.2, 0) is 0 Å². The summed E-state index contributed by atoms with van der Waals surface area (Å²) in [4.78, 5) is 11.9. The molecule has 0 spiro atoms. The van der Waals surface area contributed by atoms with Crippen molar-refractivity contribution in [1.29, 1.82) is 0 Å². The first-order valence-corrected chi connectivity index (χ1v) is 6.01. The molecule has 0 bridgehead atoms. The number of carbonyl (C=O) groups is 1. The number of nitrogens with one attached hydrogen (secondary N) is 1. The van der Waals surface area contributed by atoms with Crippen LogP contribution in [0.3, 0.4) is 0 Å². The molecule has 1 amide bonds. The Morgan fingerprint density at radius 1 is 1.29 bits per heavy atom. The van der Waals surface area contributed by atoms with E-state index in [1.807, 2.05) is 0 Å². The molecule has 0 saturated heterocycles. The molecule has 0 fully saturated rings. The van der Waals surface area contributed by atoms with Gasteiger partial charge in [0.2, 0.25) is 0 Å². The van der Waals surface area contributed by atoms with Crippen LogP contribution in [0.15, 0.2) is 18.2 Å². The van der Waals surface area contributed by atoms with Gasteiger partial charge in [0.25, 0.3) is 5.91 Å². The largest absolute Gasteiger partial charge is 0.399 e. The number of nitrogens with two attached hydrogens (primary N) is 2. The van der Waals surface area contributed by atoms with E-state index in [2.05, 4.69) is 19.2 Å². The minimum atomic E-state index is -0.130. The molecule has 5 N–H and O–H groups in total. The molecular formula is C13H21N3O. The Bertz CT molecular complexity index is 386. The first kappa shape index (κ1) is 13.4. The quantitative estimate of drug-likeness (QED) is 0.683. The molecule has 0 heterocycles. The predicted molar refractivity (Wildman–Crippen MR) is 71.7 cm³/mol. The van der Waals surface area contributed by atoms with Crippen LogP contribution in [-0.4, -0.2) is 12.5 Å². The van der Waals surface area contributed by atoms with Gasteiger partial charge in [0.05, 0.1) is 5.56 Å². The van der Waals surface area contributed by atoms with Crippen molar-refractivity contribution in [1.82, 2.24) is 5.32 Å². The average Bonchev–Trinajstić information content (AvgIpc) is 2.30. The number of rotatable bonds is 5. The average molecular weight is 235 g/mol. The zero-order chi connectivity index (χ0) is 12.8. The van der Waals surface area contributed by atoms with E-state index in [0.29, 0.717) is 29.4 Å². The SMILES string of the molecule is CCC(CC)CNC(=O)c1ccc(N)cc1N. The van der Waals surface area contributed by atoms with Crippen LogP contribution in [0.1, 0.15) is 37.0 Å². The molecule has 0 aromatic heterocycles. The van der Waals surface area contributed by atoms with E-state index in [-0.39, 0.29) is 5.91 Å². The molecule has 0 aliphatic rings. The summed E-state index contributed by atoms with van der Waals surface area (Å²) in [5.41, 5.74) is 12.8. The molecular weight excluding hydrogens is 214 g/mol. The van der Waals surface area contributed by atoms with Crippen molar-refractivity contribution >= 4 is 17.3 Å².